The van der Waals surface area contributed by atoms with Gasteiger partial charge in [0.2, 0.25) is 5.91 Å². The fraction of sp³-hybridized carbons (Fsp3) is 0.364. The number of alkyl halides is 3. The van der Waals surface area contributed by atoms with Crippen LogP contribution in [0, 0.1) is 11.2 Å². The second-order valence-corrected chi connectivity index (χ2v) is 8.26. The van der Waals surface area contributed by atoms with Crippen LogP contribution in [0.4, 0.5) is 28.9 Å². The summed E-state index contributed by atoms with van der Waals surface area (Å²) in [6.07, 6.45) is -4.55. The van der Waals surface area contributed by atoms with Gasteiger partial charge in [0.15, 0.2) is 5.96 Å². The Morgan fingerprint density at radius 3 is 2.38 bits per heavy atom. The highest BCUT2D eigenvalue weighted by Gasteiger charge is 2.53. The SMILES string of the molecule is COc1ccc(C(F)(F)F)cc1Nc1ccc(F)c([C@@]2(C)N=C(N)N(C)C(=O)C2(C)C)c1. The summed E-state index contributed by atoms with van der Waals surface area (Å²) in [4.78, 5) is 18.5. The third-order valence-electron chi connectivity index (χ3n) is 6.03. The first kappa shape index (κ1) is 23.4. The average molecular weight is 452 g/mol. The molecule has 3 N–H and O–H groups in total. The molecule has 0 aromatic heterocycles. The number of carbonyl (C=O) groups is 1. The fourth-order valence-corrected chi connectivity index (χ4v) is 3.69. The normalized spacial score (nSPS) is 20.7. The van der Waals surface area contributed by atoms with Gasteiger partial charge in [0.1, 0.15) is 17.1 Å². The van der Waals surface area contributed by atoms with Gasteiger partial charge in [0.05, 0.1) is 23.8 Å². The number of nitrogens with one attached hydrogen (secondary N) is 1. The molecule has 0 saturated carbocycles. The van der Waals surface area contributed by atoms with Gasteiger partial charge in [0, 0.05) is 18.3 Å². The molecule has 0 unspecified atom stereocenters. The minimum absolute atomic E-state index is 0.0479. The van der Waals surface area contributed by atoms with Gasteiger partial charge in [-0.2, -0.15) is 13.2 Å². The van der Waals surface area contributed by atoms with Crippen LogP contribution in [0.15, 0.2) is 41.4 Å². The number of aliphatic imine (C=N–C) groups is 1. The lowest BCUT2D eigenvalue weighted by Crippen LogP contribution is -2.58. The summed E-state index contributed by atoms with van der Waals surface area (Å²) < 4.78 is 59.6. The van der Waals surface area contributed by atoms with Crippen molar-refractivity contribution in [2.75, 3.05) is 19.5 Å². The van der Waals surface area contributed by atoms with E-state index in [1.807, 2.05) is 0 Å². The van der Waals surface area contributed by atoms with E-state index >= 15 is 0 Å². The van der Waals surface area contributed by atoms with Crippen molar-refractivity contribution in [1.29, 1.82) is 0 Å². The number of benzene rings is 2. The number of ether oxygens (including phenoxy) is 1. The Kier molecular flexibility index (Phi) is 5.61. The van der Waals surface area contributed by atoms with Crippen LogP contribution < -0.4 is 15.8 Å². The van der Waals surface area contributed by atoms with Gasteiger partial charge >= 0.3 is 6.18 Å². The number of methoxy groups -OCH3 is 1. The number of amides is 1. The van der Waals surface area contributed by atoms with Crippen LogP contribution in [0.5, 0.6) is 5.75 Å². The summed E-state index contributed by atoms with van der Waals surface area (Å²) in [5, 5.41) is 2.85. The number of hydrogen-bond acceptors (Lipinski definition) is 5. The fourth-order valence-electron chi connectivity index (χ4n) is 3.69. The molecule has 0 spiro atoms. The zero-order valence-corrected chi connectivity index (χ0v) is 18.3. The highest BCUT2D eigenvalue weighted by Crippen LogP contribution is 2.48. The molecule has 6 nitrogen and oxygen atoms in total. The molecule has 32 heavy (non-hydrogen) atoms. The monoisotopic (exact) mass is 452 g/mol. The van der Waals surface area contributed by atoms with E-state index in [1.165, 1.54) is 37.3 Å². The molecular weight excluding hydrogens is 428 g/mol. The number of carbonyl (C=O) groups excluding carboxylic acids is 1. The van der Waals surface area contributed by atoms with Crippen LogP contribution >= 0.6 is 0 Å². The van der Waals surface area contributed by atoms with Crippen molar-refractivity contribution in [3.63, 3.8) is 0 Å². The lowest BCUT2D eigenvalue weighted by atomic mass is 9.67. The lowest BCUT2D eigenvalue weighted by molar-refractivity contribution is -0.140. The molecule has 0 fully saturated rings. The van der Waals surface area contributed by atoms with Crippen LogP contribution in [0.1, 0.15) is 31.9 Å². The summed E-state index contributed by atoms with van der Waals surface area (Å²) >= 11 is 0. The molecular formula is C22H24F4N4O2. The molecule has 1 amide bonds. The van der Waals surface area contributed by atoms with Gasteiger partial charge in [-0.3, -0.25) is 9.69 Å². The second kappa shape index (κ2) is 7.68. The Balaban J connectivity index is 2.11. The van der Waals surface area contributed by atoms with Crippen LogP contribution in [-0.2, 0) is 16.5 Å². The van der Waals surface area contributed by atoms with E-state index in [0.29, 0.717) is 0 Å². The molecule has 0 bridgehead atoms. The second-order valence-electron chi connectivity index (χ2n) is 8.26. The largest absolute Gasteiger partial charge is 0.495 e. The zero-order valence-electron chi connectivity index (χ0n) is 18.3. The van der Waals surface area contributed by atoms with E-state index in [9.17, 15) is 22.4 Å². The van der Waals surface area contributed by atoms with E-state index in [4.69, 9.17) is 10.5 Å². The van der Waals surface area contributed by atoms with Gasteiger partial charge < -0.3 is 15.8 Å². The molecule has 3 rings (SSSR count). The highest BCUT2D eigenvalue weighted by atomic mass is 19.4. The van der Waals surface area contributed by atoms with Crippen LogP contribution in [0.2, 0.25) is 0 Å². The molecule has 1 heterocycles. The molecule has 2 aromatic carbocycles. The minimum atomic E-state index is -4.55. The Bertz CT molecular complexity index is 1100. The topological polar surface area (TPSA) is 80.0 Å². The van der Waals surface area contributed by atoms with Crippen molar-refractivity contribution in [1.82, 2.24) is 4.90 Å². The molecule has 1 aliphatic heterocycles. The first-order valence-electron chi connectivity index (χ1n) is 9.68. The first-order valence-corrected chi connectivity index (χ1v) is 9.68. The molecule has 1 aliphatic rings. The molecule has 172 valence electrons. The van der Waals surface area contributed by atoms with Gasteiger partial charge in [-0.1, -0.05) is 0 Å². The molecule has 1 atom stereocenters. The summed E-state index contributed by atoms with van der Waals surface area (Å²) in [7, 11) is 2.81. The average Bonchev–Trinajstić information content (AvgIpc) is 2.72. The Labute approximate surface area is 183 Å². The van der Waals surface area contributed by atoms with Crippen molar-refractivity contribution >= 4 is 23.2 Å². The summed E-state index contributed by atoms with van der Waals surface area (Å²) in [6, 6.07) is 6.95. The third-order valence-corrected chi connectivity index (χ3v) is 6.03. The lowest BCUT2D eigenvalue weighted by Gasteiger charge is -2.46. The number of nitrogens with zero attached hydrogens (tertiary/aromatic N) is 2. The minimum Gasteiger partial charge on any atom is -0.495 e. The van der Waals surface area contributed by atoms with Crippen molar-refractivity contribution in [2.24, 2.45) is 16.1 Å². The molecule has 0 aliphatic carbocycles. The molecule has 0 radical (unpaired) electrons. The first-order chi connectivity index (χ1) is 14.7. The van der Waals surface area contributed by atoms with E-state index in [0.717, 1.165) is 18.2 Å². The van der Waals surface area contributed by atoms with Gasteiger partial charge in [-0.15, -0.1) is 0 Å². The van der Waals surface area contributed by atoms with E-state index < -0.39 is 28.5 Å². The Morgan fingerprint density at radius 2 is 1.78 bits per heavy atom. The standard InChI is InChI=1S/C22H24F4N4O2/c1-20(2)18(31)30(4)19(27)29-21(20,3)14-11-13(7-8-15(14)23)28-16-10-12(22(24,25)26)6-9-17(16)32-5/h6-11,28H,1-5H3,(H2,27,29)/t21-/m1/s1. The number of nitrogens with two attached hydrogens (primary N) is 1. The molecule has 10 heteroatoms. The molecule has 2 aromatic rings. The van der Waals surface area contributed by atoms with E-state index in [2.05, 4.69) is 10.3 Å². The summed E-state index contributed by atoms with van der Waals surface area (Å²) in [5.41, 5.74) is 2.93. The maximum absolute atomic E-state index is 15.0. The number of halogens is 4. The zero-order chi connectivity index (χ0) is 24.1. The van der Waals surface area contributed by atoms with E-state index in [1.54, 1.807) is 20.8 Å². The van der Waals surface area contributed by atoms with Crippen molar-refractivity contribution in [3.8, 4) is 5.75 Å². The van der Waals surface area contributed by atoms with Gasteiger partial charge in [0.25, 0.3) is 0 Å². The van der Waals surface area contributed by atoms with Crippen molar-refractivity contribution in [3.05, 3.63) is 53.3 Å². The number of guanidine groups is 1. The highest BCUT2D eigenvalue weighted by molar-refractivity contribution is 6.01. The van der Waals surface area contributed by atoms with Crippen molar-refractivity contribution in [2.45, 2.75) is 32.5 Å². The van der Waals surface area contributed by atoms with Gasteiger partial charge in [-0.25, -0.2) is 9.38 Å². The number of anilines is 2. The van der Waals surface area contributed by atoms with Crippen LogP contribution in [-0.4, -0.2) is 30.9 Å². The third kappa shape index (κ3) is 3.74. The smallest absolute Gasteiger partial charge is 0.416 e. The summed E-state index contributed by atoms with van der Waals surface area (Å²) in [5.74, 6) is -0.859. The Morgan fingerprint density at radius 1 is 1.12 bits per heavy atom. The van der Waals surface area contributed by atoms with Crippen LogP contribution in [0.25, 0.3) is 0 Å². The Hall–Kier alpha value is -3.30. The predicted octanol–water partition coefficient (Wildman–Crippen LogP) is 4.62. The van der Waals surface area contributed by atoms with Crippen molar-refractivity contribution < 1.29 is 27.1 Å². The number of rotatable bonds is 4. The summed E-state index contributed by atoms with van der Waals surface area (Å²) in [6.45, 7) is 4.87. The quantitative estimate of drug-likeness (QED) is 0.664. The number of hydrogen-bond donors (Lipinski definition) is 2. The maximum Gasteiger partial charge on any atom is 0.416 e. The maximum atomic E-state index is 15.0. The predicted molar refractivity (Wildman–Crippen MR) is 113 cm³/mol. The van der Waals surface area contributed by atoms with Crippen LogP contribution in [0.3, 0.4) is 0 Å². The van der Waals surface area contributed by atoms with E-state index in [-0.39, 0.29) is 34.6 Å². The molecule has 0 saturated heterocycles. The van der Waals surface area contributed by atoms with Gasteiger partial charge in [-0.05, 0) is 57.2 Å².